The quantitative estimate of drug-likeness (QED) is 0.723. The molecule has 0 radical (unpaired) electrons. The zero-order valence-electron chi connectivity index (χ0n) is 8.10. The molecule has 0 fully saturated rings. The van der Waals surface area contributed by atoms with E-state index >= 15 is 0 Å². The second-order valence-corrected chi connectivity index (χ2v) is 3.95. The number of benzene rings is 1. The molecule has 88 valence electrons. The number of hydrogen-bond donors (Lipinski definition) is 3. The molecule has 0 spiro atoms. The van der Waals surface area contributed by atoms with Crippen molar-refractivity contribution in [1.82, 2.24) is 0 Å². The Labute approximate surface area is 102 Å². The standard InChI is InChI=1S/C10H10Cl2O4/c11-4-8(13)9(14)7-3-5(12)1-2-6(7)10(15)16/h1-3,8-9,13-14H,4H2,(H,15,16). The van der Waals surface area contributed by atoms with Crippen LogP contribution in [0.15, 0.2) is 18.2 Å². The van der Waals surface area contributed by atoms with Gasteiger partial charge >= 0.3 is 5.97 Å². The lowest BCUT2D eigenvalue weighted by molar-refractivity contribution is 0.0313. The van der Waals surface area contributed by atoms with Crippen molar-refractivity contribution in [2.24, 2.45) is 0 Å². The summed E-state index contributed by atoms with van der Waals surface area (Å²) in [6.45, 7) is 0. The third kappa shape index (κ3) is 2.86. The number of aromatic carboxylic acids is 1. The number of hydrogen-bond acceptors (Lipinski definition) is 3. The van der Waals surface area contributed by atoms with Crippen LogP contribution in [0.3, 0.4) is 0 Å². The van der Waals surface area contributed by atoms with E-state index < -0.39 is 18.2 Å². The summed E-state index contributed by atoms with van der Waals surface area (Å²) in [4.78, 5) is 10.9. The lowest BCUT2D eigenvalue weighted by Gasteiger charge is -2.17. The predicted molar refractivity (Wildman–Crippen MR) is 60.1 cm³/mol. The summed E-state index contributed by atoms with van der Waals surface area (Å²) in [6.07, 6.45) is -2.61. The third-order valence-electron chi connectivity index (χ3n) is 2.09. The number of aliphatic hydroxyl groups excluding tert-OH is 2. The van der Waals surface area contributed by atoms with Gasteiger partial charge in [0.05, 0.1) is 17.5 Å². The molecule has 0 aliphatic rings. The summed E-state index contributed by atoms with van der Waals surface area (Å²) in [5.74, 6) is -1.40. The van der Waals surface area contributed by atoms with Crippen LogP contribution in [0.25, 0.3) is 0 Å². The molecule has 0 aliphatic carbocycles. The predicted octanol–water partition coefficient (Wildman–Crippen LogP) is 1.67. The highest BCUT2D eigenvalue weighted by Gasteiger charge is 2.23. The van der Waals surface area contributed by atoms with Gasteiger partial charge in [-0.1, -0.05) is 11.6 Å². The fourth-order valence-electron chi connectivity index (χ4n) is 1.26. The molecule has 2 atom stereocenters. The first-order valence-corrected chi connectivity index (χ1v) is 5.33. The molecular formula is C10H10Cl2O4. The zero-order chi connectivity index (χ0) is 12.3. The van der Waals surface area contributed by atoms with Gasteiger partial charge in [-0.3, -0.25) is 0 Å². The maximum absolute atomic E-state index is 10.9. The van der Waals surface area contributed by atoms with E-state index in [-0.39, 0.29) is 22.0 Å². The van der Waals surface area contributed by atoms with Gasteiger partial charge in [0.15, 0.2) is 0 Å². The van der Waals surface area contributed by atoms with Crippen LogP contribution in [0.2, 0.25) is 5.02 Å². The molecule has 3 N–H and O–H groups in total. The smallest absolute Gasteiger partial charge is 0.336 e. The molecule has 6 heteroatoms. The van der Waals surface area contributed by atoms with E-state index in [0.717, 1.165) is 0 Å². The Morgan fingerprint density at radius 3 is 2.50 bits per heavy atom. The van der Waals surface area contributed by atoms with Gasteiger partial charge in [-0.25, -0.2) is 4.79 Å². The van der Waals surface area contributed by atoms with Crippen molar-refractivity contribution in [2.45, 2.75) is 12.2 Å². The summed E-state index contributed by atoms with van der Waals surface area (Å²) in [5.41, 5.74) is -0.0609. The number of aliphatic hydroxyl groups is 2. The molecule has 0 saturated carbocycles. The first kappa shape index (κ1) is 13.3. The Kier molecular flexibility index (Phi) is 4.56. The highest BCUT2D eigenvalue weighted by atomic mass is 35.5. The summed E-state index contributed by atoms with van der Waals surface area (Å²) in [7, 11) is 0. The van der Waals surface area contributed by atoms with Crippen molar-refractivity contribution in [2.75, 3.05) is 5.88 Å². The number of carbonyl (C=O) groups is 1. The van der Waals surface area contributed by atoms with Gasteiger partial charge in [-0.2, -0.15) is 0 Å². The van der Waals surface area contributed by atoms with Crippen LogP contribution in [0.5, 0.6) is 0 Å². The molecule has 0 bridgehead atoms. The van der Waals surface area contributed by atoms with Crippen molar-refractivity contribution in [3.8, 4) is 0 Å². The molecule has 0 saturated heterocycles. The molecule has 0 aromatic heterocycles. The fraction of sp³-hybridized carbons (Fsp3) is 0.300. The highest BCUT2D eigenvalue weighted by Crippen LogP contribution is 2.25. The maximum Gasteiger partial charge on any atom is 0.336 e. The normalized spacial score (nSPS) is 14.5. The summed E-state index contributed by atoms with van der Waals surface area (Å²) >= 11 is 11.1. The summed E-state index contributed by atoms with van der Waals surface area (Å²) < 4.78 is 0. The average Bonchev–Trinajstić information content (AvgIpc) is 2.26. The molecule has 0 amide bonds. The molecule has 0 heterocycles. The molecular weight excluding hydrogens is 255 g/mol. The van der Waals surface area contributed by atoms with Crippen LogP contribution < -0.4 is 0 Å². The van der Waals surface area contributed by atoms with Crippen LogP contribution in [-0.4, -0.2) is 33.3 Å². The maximum atomic E-state index is 10.9. The third-order valence-corrected chi connectivity index (χ3v) is 2.64. The van der Waals surface area contributed by atoms with Crippen LogP contribution in [0.1, 0.15) is 22.0 Å². The largest absolute Gasteiger partial charge is 0.478 e. The zero-order valence-corrected chi connectivity index (χ0v) is 9.61. The first-order chi connectivity index (χ1) is 7.47. The fourth-order valence-corrected chi connectivity index (χ4v) is 1.61. The minimum Gasteiger partial charge on any atom is -0.478 e. The Morgan fingerprint density at radius 1 is 1.38 bits per heavy atom. The van der Waals surface area contributed by atoms with Gasteiger partial charge in [0.2, 0.25) is 0 Å². The molecule has 1 aromatic carbocycles. The number of carboxylic acid groups (broad SMARTS) is 1. The van der Waals surface area contributed by atoms with Gasteiger partial charge in [0.1, 0.15) is 6.10 Å². The Hall–Kier alpha value is -0.810. The van der Waals surface area contributed by atoms with E-state index in [2.05, 4.69) is 0 Å². The molecule has 4 nitrogen and oxygen atoms in total. The van der Waals surface area contributed by atoms with Crippen LogP contribution in [0, 0.1) is 0 Å². The van der Waals surface area contributed by atoms with Gasteiger partial charge < -0.3 is 15.3 Å². The average molecular weight is 265 g/mol. The van der Waals surface area contributed by atoms with Gasteiger partial charge in [-0.05, 0) is 23.8 Å². The van der Waals surface area contributed by atoms with Crippen LogP contribution in [0.4, 0.5) is 0 Å². The Bertz CT molecular complexity index is 394. The molecule has 2 unspecified atom stereocenters. The summed E-state index contributed by atoms with van der Waals surface area (Å²) in [6, 6.07) is 3.96. The van der Waals surface area contributed by atoms with Gasteiger partial charge in [0.25, 0.3) is 0 Å². The molecule has 1 aromatic rings. The second kappa shape index (κ2) is 5.50. The van der Waals surface area contributed by atoms with Crippen molar-refractivity contribution in [3.63, 3.8) is 0 Å². The van der Waals surface area contributed by atoms with Crippen molar-refractivity contribution in [1.29, 1.82) is 0 Å². The lowest BCUT2D eigenvalue weighted by atomic mass is 9.99. The van der Waals surface area contributed by atoms with E-state index in [4.69, 9.17) is 28.3 Å². The van der Waals surface area contributed by atoms with E-state index in [1.165, 1.54) is 18.2 Å². The molecule has 1 rings (SSSR count). The SMILES string of the molecule is O=C(O)c1ccc(Cl)cc1C(O)C(O)CCl. The van der Waals surface area contributed by atoms with E-state index in [0.29, 0.717) is 0 Å². The van der Waals surface area contributed by atoms with Crippen LogP contribution in [-0.2, 0) is 0 Å². The monoisotopic (exact) mass is 264 g/mol. The summed E-state index contributed by atoms with van der Waals surface area (Å²) in [5, 5.41) is 28.2. The van der Waals surface area contributed by atoms with E-state index in [9.17, 15) is 15.0 Å². The van der Waals surface area contributed by atoms with Gasteiger partial charge in [0, 0.05) is 5.02 Å². The van der Waals surface area contributed by atoms with E-state index in [1.807, 2.05) is 0 Å². The van der Waals surface area contributed by atoms with Crippen molar-refractivity contribution in [3.05, 3.63) is 34.3 Å². The number of rotatable bonds is 4. The highest BCUT2D eigenvalue weighted by molar-refractivity contribution is 6.30. The second-order valence-electron chi connectivity index (χ2n) is 3.20. The number of alkyl halides is 1. The van der Waals surface area contributed by atoms with Gasteiger partial charge in [-0.15, -0.1) is 11.6 Å². The topological polar surface area (TPSA) is 77.8 Å². The van der Waals surface area contributed by atoms with E-state index in [1.54, 1.807) is 0 Å². The first-order valence-electron chi connectivity index (χ1n) is 4.42. The minimum atomic E-state index is -1.37. The minimum absolute atomic E-state index is 0.0492. The number of halogens is 2. The van der Waals surface area contributed by atoms with Crippen molar-refractivity contribution >= 4 is 29.2 Å². The van der Waals surface area contributed by atoms with Crippen LogP contribution >= 0.6 is 23.2 Å². The Morgan fingerprint density at radius 2 is 2.00 bits per heavy atom. The molecule has 16 heavy (non-hydrogen) atoms. The Balaban J connectivity index is 3.19. The number of carboxylic acids is 1. The molecule has 0 aliphatic heterocycles. The lowest BCUT2D eigenvalue weighted by Crippen LogP contribution is -2.22. The van der Waals surface area contributed by atoms with Crippen molar-refractivity contribution < 1.29 is 20.1 Å².